The van der Waals surface area contributed by atoms with Crippen LogP contribution in [0.15, 0.2) is 36.0 Å². The van der Waals surface area contributed by atoms with Crippen molar-refractivity contribution >= 4 is 5.97 Å². The van der Waals surface area contributed by atoms with Crippen molar-refractivity contribution in [3.8, 4) is 0 Å². The first kappa shape index (κ1) is 17.7. The van der Waals surface area contributed by atoms with Crippen molar-refractivity contribution in [2.45, 2.75) is 59.3 Å². The minimum Gasteiger partial charge on any atom is -0.481 e. The van der Waals surface area contributed by atoms with Crippen LogP contribution in [-0.4, -0.2) is 11.1 Å². The van der Waals surface area contributed by atoms with Gasteiger partial charge in [-0.25, -0.2) is 0 Å². The van der Waals surface area contributed by atoms with Gasteiger partial charge in [0.15, 0.2) is 0 Å². The number of hydrogen-bond acceptors (Lipinski definition) is 1. The van der Waals surface area contributed by atoms with E-state index in [2.05, 4.69) is 32.6 Å². The molecule has 19 heavy (non-hydrogen) atoms. The molecule has 0 rings (SSSR count). The summed E-state index contributed by atoms with van der Waals surface area (Å²) >= 11 is 0. The Morgan fingerprint density at radius 2 is 1.79 bits per heavy atom. The average Bonchev–Trinajstić information content (AvgIpc) is 2.36. The van der Waals surface area contributed by atoms with Crippen LogP contribution in [0, 0.1) is 5.92 Å². The minimum atomic E-state index is -0.700. The lowest BCUT2D eigenvalue weighted by Gasteiger charge is -2.05. The number of carboxylic acids is 1. The summed E-state index contributed by atoms with van der Waals surface area (Å²) in [5.74, 6) is -0.942. The fourth-order valence-corrected chi connectivity index (χ4v) is 1.84. The van der Waals surface area contributed by atoms with Crippen LogP contribution in [0.1, 0.15) is 59.3 Å². The van der Waals surface area contributed by atoms with E-state index in [9.17, 15) is 4.79 Å². The predicted molar refractivity (Wildman–Crippen MR) is 82.2 cm³/mol. The molecule has 0 saturated carbocycles. The number of carboxylic acid groups (broad SMARTS) is 1. The molecule has 0 aliphatic rings. The lowest BCUT2D eigenvalue weighted by Crippen LogP contribution is -2.08. The number of carbonyl (C=O) groups is 1. The first-order valence-corrected chi connectivity index (χ1v) is 7.12. The molecule has 108 valence electrons. The summed E-state index contributed by atoms with van der Waals surface area (Å²) in [4.78, 5) is 10.7. The van der Waals surface area contributed by atoms with E-state index in [0.29, 0.717) is 0 Å². The van der Waals surface area contributed by atoms with Gasteiger partial charge < -0.3 is 5.11 Å². The molecule has 0 aliphatic carbocycles. The van der Waals surface area contributed by atoms with E-state index in [1.54, 1.807) is 6.92 Å². The third kappa shape index (κ3) is 10.3. The van der Waals surface area contributed by atoms with E-state index < -0.39 is 5.97 Å². The van der Waals surface area contributed by atoms with Gasteiger partial charge in [0.25, 0.3) is 0 Å². The van der Waals surface area contributed by atoms with Crippen LogP contribution >= 0.6 is 0 Å². The van der Waals surface area contributed by atoms with Gasteiger partial charge in [-0.05, 0) is 52.4 Å². The molecule has 0 bridgehead atoms. The van der Waals surface area contributed by atoms with E-state index >= 15 is 0 Å². The van der Waals surface area contributed by atoms with Gasteiger partial charge in [0.2, 0.25) is 0 Å². The van der Waals surface area contributed by atoms with Crippen molar-refractivity contribution in [2.75, 3.05) is 0 Å². The van der Waals surface area contributed by atoms with Crippen LogP contribution in [0.3, 0.4) is 0 Å². The topological polar surface area (TPSA) is 37.3 Å². The fourth-order valence-electron chi connectivity index (χ4n) is 1.84. The Labute approximate surface area is 117 Å². The SMILES string of the molecule is C=CC/C=C(\C)CCC/C(C)=C/CCC(C)C(=O)O. The Morgan fingerprint density at radius 1 is 1.21 bits per heavy atom. The Balaban J connectivity index is 3.82. The minimum absolute atomic E-state index is 0.242. The first-order chi connectivity index (χ1) is 8.97. The molecule has 1 N–H and O–H groups in total. The van der Waals surface area contributed by atoms with Gasteiger partial charge in [-0.1, -0.05) is 36.3 Å². The third-order valence-corrected chi connectivity index (χ3v) is 3.29. The zero-order chi connectivity index (χ0) is 14.7. The molecule has 0 aromatic heterocycles. The van der Waals surface area contributed by atoms with Gasteiger partial charge in [0.1, 0.15) is 0 Å². The van der Waals surface area contributed by atoms with Crippen molar-refractivity contribution in [1.29, 1.82) is 0 Å². The maximum Gasteiger partial charge on any atom is 0.306 e. The van der Waals surface area contributed by atoms with Crippen molar-refractivity contribution in [2.24, 2.45) is 5.92 Å². The second-order valence-corrected chi connectivity index (χ2v) is 5.30. The molecule has 0 radical (unpaired) electrons. The highest BCUT2D eigenvalue weighted by Crippen LogP contribution is 2.14. The Kier molecular flexibility index (Phi) is 9.87. The van der Waals surface area contributed by atoms with E-state index in [4.69, 9.17) is 5.11 Å². The normalized spacial score (nSPS) is 14.3. The summed E-state index contributed by atoms with van der Waals surface area (Å²) in [6.07, 6.45) is 12.3. The van der Waals surface area contributed by atoms with Gasteiger partial charge in [0.05, 0.1) is 5.92 Å². The smallest absolute Gasteiger partial charge is 0.306 e. The molecule has 1 atom stereocenters. The average molecular weight is 264 g/mol. The lowest BCUT2D eigenvalue weighted by molar-refractivity contribution is -0.141. The molecule has 0 aromatic carbocycles. The fraction of sp³-hybridized carbons (Fsp3) is 0.588. The molecule has 0 aromatic rings. The van der Waals surface area contributed by atoms with E-state index in [0.717, 1.165) is 38.5 Å². The second kappa shape index (κ2) is 10.6. The molecule has 0 heterocycles. The van der Waals surface area contributed by atoms with E-state index in [-0.39, 0.29) is 5.92 Å². The molecule has 0 spiro atoms. The summed E-state index contributed by atoms with van der Waals surface area (Å²) in [5.41, 5.74) is 2.79. The van der Waals surface area contributed by atoms with Gasteiger partial charge >= 0.3 is 5.97 Å². The number of allylic oxidation sites excluding steroid dienone is 5. The number of hydrogen-bond donors (Lipinski definition) is 1. The van der Waals surface area contributed by atoms with Gasteiger partial charge in [0, 0.05) is 0 Å². The van der Waals surface area contributed by atoms with Gasteiger partial charge in [-0.15, -0.1) is 6.58 Å². The molecule has 0 fully saturated rings. The number of rotatable bonds is 10. The van der Waals surface area contributed by atoms with Crippen LogP contribution < -0.4 is 0 Å². The van der Waals surface area contributed by atoms with Crippen LogP contribution in [0.2, 0.25) is 0 Å². The van der Waals surface area contributed by atoms with Gasteiger partial charge in [-0.3, -0.25) is 4.79 Å². The largest absolute Gasteiger partial charge is 0.481 e. The van der Waals surface area contributed by atoms with Gasteiger partial charge in [-0.2, -0.15) is 0 Å². The highest BCUT2D eigenvalue weighted by Gasteiger charge is 2.08. The monoisotopic (exact) mass is 264 g/mol. The molecule has 2 heteroatoms. The molecule has 0 saturated heterocycles. The van der Waals surface area contributed by atoms with Crippen LogP contribution in [-0.2, 0) is 4.79 Å². The molecule has 0 amide bonds. The summed E-state index contributed by atoms with van der Waals surface area (Å²) in [7, 11) is 0. The summed E-state index contributed by atoms with van der Waals surface area (Å²) in [6, 6.07) is 0. The highest BCUT2D eigenvalue weighted by molar-refractivity contribution is 5.69. The molecule has 1 unspecified atom stereocenters. The van der Waals surface area contributed by atoms with Crippen molar-refractivity contribution in [3.05, 3.63) is 36.0 Å². The Bertz CT molecular complexity index is 337. The Morgan fingerprint density at radius 3 is 2.32 bits per heavy atom. The Hall–Kier alpha value is -1.31. The summed E-state index contributed by atoms with van der Waals surface area (Å²) < 4.78 is 0. The van der Waals surface area contributed by atoms with Crippen molar-refractivity contribution in [1.82, 2.24) is 0 Å². The first-order valence-electron chi connectivity index (χ1n) is 7.12. The highest BCUT2D eigenvalue weighted by atomic mass is 16.4. The third-order valence-electron chi connectivity index (χ3n) is 3.29. The van der Waals surface area contributed by atoms with Crippen molar-refractivity contribution < 1.29 is 9.90 Å². The zero-order valence-corrected chi connectivity index (χ0v) is 12.6. The lowest BCUT2D eigenvalue weighted by atomic mass is 10.0. The maximum atomic E-state index is 10.7. The van der Waals surface area contributed by atoms with Crippen molar-refractivity contribution in [3.63, 3.8) is 0 Å². The van der Waals surface area contributed by atoms with E-state index in [1.807, 2.05) is 6.08 Å². The maximum absolute atomic E-state index is 10.7. The predicted octanol–water partition coefficient (Wildman–Crippen LogP) is 5.13. The quantitative estimate of drug-likeness (QED) is 0.556. The molecule has 0 aliphatic heterocycles. The number of aliphatic carboxylic acids is 1. The zero-order valence-electron chi connectivity index (χ0n) is 12.6. The standard InChI is InChI=1S/C17H28O2/c1-5-6-9-14(2)10-7-11-15(3)12-8-13-16(4)17(18)19/h5,9,12,16H,1,6-8,10-11,13H2,2-4H3,(H,18,19)/b14-9+,15-12+. The van der Waals surface area contributed by atoms with Crippen LogP contribution in [0.25, 0.3) is 0 Å². The molecule has 2 nitrogen and oxygen atoms in total. The second-order valence-electron chi connectivity index (χ2n) is 5.30. The summed E-state index contributed by atoms with van der Waals surface area (Å²) in [6.45, 7) is 9.77. The molecular weight excluding hydrogens is 236 g/mol. The van der Waals surface area contributed by atoms with E-state index in [1.165, 1.54) is 11.1 Å². The van der Waals surface area contributed by atoms with Crippen LogP contribution in [0.4, 0.5) is 0 Å². The summed E-state index contributed by atoms with van der Waals surface area (Å²) in [5, 5.41) is 8.79. The molecular formula is C17H28O2. The van der Waals surface area contributed by atoms with Crippen LogP contribution in [0.5, 0.6) is 0 Å².